The Bertz CT molecular complexity index is 3270. The molecule has 1 fully saturated rings. The molecular weight excluding hydrogens is 659 g/mol. The Hall–Kier alpha value is -6.58. The zero-order valence-corrected chi connectivity index (χ0v) is 29.7. The van der Waals surface area contributed by atoms with E-state index in [-0.39, 0.29) is 0 Å². The average Bonchev–Trinajstić information content (AvgIpc) is 3.99. The first-order chi connectivity index (χ1) is 26.8. The van der Waals surface area contributed by atoms with E-state index in [4.69, 9.17) is 8.83 Å². The Kier molecular flexibility index (Phi) is 6.35. The third kappa shape index (κ3) is 4.30. The van der Waals surface area contributed by atoms with Crippen molar-refractivity contribution in [2.75, 3.05) is 4.90 Å². The molecule has 0 spiro atoms. The molecule has 0 saturated heterocycles. The van der Waals surface area contributed by atoms with Gasteiger partial charge in [0.15, 0.2) is 0 Å². The minimum Gasteiger partial charge on any atom is -0.456 e. The van der Waals surface area contributed by atoms with Gasteiger partial charge in [-0.25, -0.2) is 0 Å². The Labute approximate surface area is 311 Å². The first-order valence-corrected chi connectivity index (χ1v) is 19.2. The lowest BCUT2D eigenvalue weighted by atomic mass is 9.92. The molecule has 0 N–H and O–H groups in total. The highest BCUT2D eigenvalue weighted by atomic mass is 16.3. The van der Waals surface area contributed by atoms with Gasteiger partial charge >= 0.3 is 0 Å². The van der Waals surface area contributed by atoms with Gasteiger partial charge < -0.3 is 13.7 Å². The lowest BCUT2D eigenvalue weighted by molar-refractivity contribution is 0.669. The molecule has 3 heteroatoms. The van der Waals surface area contributed by atoms with Crippen LogP contribution in [-0.2, 0) is 0 Å². The topological polar surface area (TPSA) is 29.5 Å². The maximum Gasteiger partial charge on any atom is 0.143 e. The molecule has 3 nitrogen and oxygen atoms in total. The highest BCUT2D eigenvalue weighted by Crippen LogP contribution is 2.49. The van der Waals surface area contributed by atoms with Crippen molar-refractivity contribution in [1.82, 2.24) is 0 Å². The van der Waals surface area contributed by atoms with Gasteiger partial charge in [0.2, 0.25) is 0 Å². The minimum absolute atomic E-state index is 0.556. The second-order valence-corrected chi connectivity index (χ2v) is 15.1. The molecule has 0 amide bonds. The summed E-state index contributed by atoms with van der Waals surface area (Å²) in [7, 11) is 0. The Morgan fingerprint density at radius 3 is 1.69 bits per heavy atom. The van der Waals surface area contributed by atoms with Crippen molar-refractivity contribution in [2.24, 2.45) is 0 Å². The van der Waals surface area contributed by atoms with E-state index >= 15 is 0 Å². The number of para-hydroxylation sites is 1. The van der Waals surface area contributed by atoms with Crippen LogP contribution >= 0.6 is 0 Å². The van der Waals surface area contributed by atoms with Gasteiger partial charge in [0.25, 0.3) is 0 Å². The van der Waals surface area contributed by atoms with Crippen LogP contribution in [0, 0.1) is 0 Å². The fourth-order valence-corrected chi connectivity index (χ4v) is 9.73. The third-order valence-electron chi connectivity index (χ3n) is 12.2. The van der Waals surface area contributed by atoms with Gasteiger partial charge in [-0.2, -0.15) is 0 Å². The Morgan fingerprint density at radius 1 is 0.389 bits per heavy atom. The normalized spacial score (nSPS) is 13.9. The first-order valence-electron chi connectivity index (χ1n) is 19.2. The number of hydrogen-bond acceptors (Lipinski definition) is 3. The van der Waals surface area contributed by atoms with Crippen LogP contribution in [0.3, 0.4) is 0 Å². The summed E-state index contributed by atoms with van der Waals surface area (Å²) < 4.78 is 13.2. The van der Waals surface area contributed by atoms with Crippen LogP contribution in [0.4, 0.5) is 17.1 Å². The van der Waals surface area contributed by atoms with Gasteiger partial charge in [0.05, 0.1) is 5.69 Å². The van der Waals surface area contributed by atoms with E-state index in [0.29, 0.717) is 5.92 Å². The minimum atomic E-state index is 0.556. The highest BCUT2D eigenvalue weighted by Gasteiger charge is 2.25. The zero-order valence-electron chi connectivity index (χ0n) is 29.7. The molecule has 2 heterocycles. The number of anilines is 3. The van der Waals surface area contributed by atoms with Gasteiger partial charge in [-0.1, -0.05) is 122 Å². The predicted molar refractivity (Wildman–Crippen MR) is 227 cm³/mol. The van der Waals surface area contributed by atoms with E-state index < -0.39 is 0 Å². The summed E-state index contributed by atoms with van der Waals surface area (Å²) >= 11 is 0. The van der Waals surface area contributed by atoms with E-state index in [1.54, 1.807) is 0 Å². The summed E-state index contributed by atoms with van der Waals surface area (Å²) in [5.41, 5.74) is 8.44. The number of benzene rings is 9. The summed E-state index contributed by atoms with van der Waals surface area (Å²) in [5, 5.41) is 14.5. The lowest BCUT2D eigenvalue weighted by Crippen LogP contribution is -2.10. The molecule has 11 aromatic rings. The molecule has 256 valence electrons. The van der Waals surface area contributed by atoms with Gasteiger partial charge in [0.1, 0.15) is 22.3 Å². The van der Waals surface area contributed by atoms with Crippen LogP contribution in [0.25, 0.3) is 87.0 Å². The molecule has 1 aliphatic rings. The number of rotatable bonds is 4. The van der Waals surface area contributed by atoms with Crippen molar-refractivity contribution in [2.45, 2.75) is 31.6 Å². The van der Waals surface area contributed by atoms with Crippen molar-refractivity contribution < 1.29 is 8.83 Å². The highest BCUT2D eigenvalue weighted by molar-refractivity contribution is 6.26. The number of fused-ring (bicyclic) bond motifs is 14. The lowest BCUT2D eigenvalue weighted by Gasteiger charge is -2.28. The van der Waals surface area contributed by atoms with E-state index in [2.05, 4.69) is 157 Å². The fourth-order valence-electron chi connectivity index (χ4n) is 9.73. The summed E-state index contributed by atoms with van der Waals surface area (Å²) in [6.45, 7) is 0. The fraction of sp³-hybridized carbons (Fsp3) is 0.0980. The largest absolute Gasteiger partial charge is 0.456 e. The molecule has 12 rings (SSSR count). The smallest absolute Gasteiger partial charge is 0.143 e. The summed E-state index contributed by atoms with van der Waals surface area (Å²) in [6.07, 6.45) is 5.04. The molecule has 0 unspecified atom stereocenters. The average molecular weight is 694 g/mol. The number of nitrogens with zero attached hydrogens (tertiary/aromatic N) is 1. The van der Waals surface area contributed by atoms with Crippen molar-refractivity contribution in [3.05, 3.63) is 163 Å². The van der Waals surface area contributed by atoms with E-state index in [0.717, 1.165) is 60.9 Å². The van der Waals surface area contributed by atoms with Gasteiger partial charge in [-0.05, 0) is 105 Å². The summed E-state index contributed by atoms with van der Waals surface area (Å²) in [6, 6.07) is 57.5. The Morgan fingerprint density at radius 2 is 0.944 bits per heavy atom. The molecule has 0 aliphatic heterocycles. The van der Waals surface area contributed by atoms with Crippen LogP contribution in [0.15, 0.2) is 167 Å². The predicted octanol–water partition coefficient (Wildman–Crippen LogP) is 15.2. The molecular formula is C51H35NO2. The summed E-state index contributed by atoms with van der Waals surface area (Å²) in [4.78, 5) is 2.46. The second-order valence-electron chi connectivity index (χ2n) is 15.1. The van der Waals surface area contributed by atoms with Crippen LogP contribution in [0.1, 0.15) is 37.2 Å². The molecule has 2 aromatic heterocycles. The van der Waals surface area contributed by atoms with Crippen molar-refractivity contribution >= 4 is 104 Å². The molecule has 0 bridgehead atoms. The number of furan rings is 2. The SMILES string of the molecule is c1ccc2c(c1)oc1ccc(N(c3ccc4c5ccccc5c5ccccc5c4c3)c3cc4c(oc5cccc(C6CCCC6)c54)c4ccccc34)cc12. The molecule has 1 saturated carbocycles. The molecule has 1 aliphatic carbocycles. The second kappa shape index (κ2) is 11.5. The number of hydrogen-bond donors (Lipinski definition) is 0. The molecule has 9 aromatic carbocycles. The van der Waals surface area contributed by atoms with Crippen LogP contribution in [0.5, 0.6) is 0 Å². The van der Waals surface area contributed by atoms with E-state index in [1.807, 2.05) is 6.07 Å². The molecule has 54 heavy (non-hydrogen) atoms. The van der Waals surface area contributed by atoms with Crippen LogP contribution in [0.2, 0.25) is 0 Å². The Balaban J connectivity index is 1.20. The van der Waals surface area contributed by atoms with Gasteiger partial charge in [-0.3, -0.25) is 0 Å². The van der Waals surface area contributed by atoms with E-state index in [9.17, 15) is 0 Å². The maximum absolute atomic E-state index is 6.82. The maximum atomic E-state index is 6.82. The van der Waals surface area contributed by atoms with Gasteiger partial charge in [0, 0.05) is 43.7 Å². The first kappa shape index (κ1) is 29.9. The zero-order chi connectivity index (χ0) is 35.3. The van der Waals surface area contributed by atoms with E-state index in [1.165, 1.54) is 74.3 Å². The van der Waals surface area contributed by atoms with Crippen LogP contribution < -0.4 is 4.90 Å². The van der Waals surface area contributed by atoms with Crippen molar-refractivity contribution in [3.8, 4) is 0 Å². The summed E-state index contributed by atoms with van der Waals surface area (Å²) in [5.74, 6) is 0.556. The van der Waals surface area contributed by atoms with Crippen molar-refractivity contribution in [3.63, 3.8) is 0 Å². The van der Waals surface area contributed by atoms with Crippen LogP contribution in [-0.4, -0.2) is 0 Å². The molecule has 0 atom stereocenters. The third-order valence-corrected chi connectivity index (χ3v) is 12.2. The standard InChI is InChI=1S/C51H35NO2/c1-2-13-31(12-1)34-21-11-23-49-50(34)45-30-46(40-18-7-8-20-42(40)51(45)54-49)52(33-25-27-48-44(29-33)41-19-9-10-22-47(41)53-48)32-24-26-39-37-16-4-3-14-35(37)36-15-5-6-17-38(36)43(39)28-32/h3-11,14-31H,1-2,12-13H2. The quantitative estimate of drug-likeness (QED) is 0.172. The van der Waals surface area contributed by atoms with Gasteiger partial charge in [-0.15, -0.1) is 0 Å². The monoisotopic (exact) mass is 693 g/mol. The van der Waals surface area contributed by atoms with Crippen molar-refractivity contribution in [1.29, 1.82) is 0 Å². The molecule has 0 radical (unpaired) electrons.